The highest BCUT2D eigenvalue weighted by molar-refractivity contribution is 7.88. The van der Waals surface area contributed by atoms with Crippen molar-refractivity contribution in [1.29, 1.82) is 0 Å². The quantitative estimate of drug-likeness (QED) is 0.738. The van der Waals surface area contributed by atoms with Gasteiger partial charge in [0.2, 0.25) is 15.9 Å². The van der Waals surface area contributed by atoms with E-state index in [1.54, 1.807) is 0 Å². The molecule has 8 heteroatoms. The van der Waals surface area contributed by atoms with Crippen LogP contribution in [0.2, 0.25) is 0 Å². The Balaban J connectivity index is 2.08. The van der Waals surface area contributed by atoms with E-state index < -0.39 is 27.4 Å². The van der Waals surface area contributed by atoms with Crippen molar-refractivity contribution in [2.24, 2.45) is 5.92 Å². The molecule has 1 aliphatic heterocycles. The number of piperidine rings is 1. The predicted octanol–water partition coefficient (Wildman–Crippen LogP) is 0.952. The van der Waals surface area contributed by atoms with E-state index in [2.05, 4.69) is 5.32 Å². The van der Waals surface area contributed by atoms with Crippen LogP contribution in [0.1, 0.15) is 51.4 Å². The van der Waals surface area contributed by atoms with E-state index in [0.29, 0.717) is 32.2 Å². The number of sulfonamides is 1. The van der Waals surface area contributed by atoms with Gasteiger partial charge in [-0.25, -0.2) is 17.5 Å². The minimum absolute atomic E-state index is 0.139. The second-order valence-electron chi connectivity index (χ2n) is 6.75. The molecule has 0 aromatic rings. The minimum atomic E-state index is -3.33. The molecular weight excluding hydrogens is 320 g/mol. The molecule has 1 unspecified atom stereocenters. The molecule has 1 aliphatic carbocycles. The van der Waals surface area contributed by atoms with Crippen molar-refractivity contribution in [2.45, 2.75) is 56.9 Å². The fourth-order valence-electron chi connectivity index (χ4n) is 3.52. The molecule has 7 nitrogen and oxygen atoms in total. The number of hydrogen-bond donors (Lipinski definition) is 2. The van der Waals surface area contributed by atoms with Crippen LogP contribution in [0.3, 0.4) is 0 Å². The van der Waals surface area contributed by atoms with Gasteiger partial charge < -0.3 is 10.4 Å². The molecule has 1 heterocycles. The van der Waals surface area contributed by atoms with Gasteiger partial charge in [-0.1, -0.05) is 25.7 Å². The lowest BCUT2D eigenvalue weighted by atomic mass is 9.88. The zero-order valence-corrected chi connectivity index (χ0v) is 14.4. The van der Waals surface area contributed by atoms with Crippen molar-refractivity contribution >= 4 is 21.9 Å². The molecule has 0 radical (unpaired) electrons. The highest BCUT2D eigenvalue weighted by atomic mass is 32.2. The van der Waals surface area contributed by atoms with E-state index in [9.17, 15) is 23.1 Å². The van der Waals surface area contributed by atoms with Crippen molar-refractivity contribution in [3.63, 3.8) is 0 Å². The van der Waals surface area contributed by atoms with Crippen LogP contribution in [0, 0.1) is 5.92 Å². The van der Waals surface area contributed by atoms with E-state index in [0.717, 1.165) is 31.9 Å². The largest absolute Gasteiger partial charge is 0.480 e. The molecule has 132 valence electrons. The Bertz CT molecular complexity index is 552. The molecule has 1 amide bonds. The molecule has 1 saturated heterocycles. The SMILES string of the molecule is CS(=O)(=O)N1CCCC(C(=O)NC2(C(=O)O)CCCCCC2)C1. The molecule has 1 saturated carbocycles. The summed E-state index contributed by atoms with van der Waals surface area (Å²) in [6, 6.07) is 0. The fraction of sp³-hybridized carbons (Fsp3) is 0.867. The van der Waals surface area contributed by atoms with E-state index >= 15 is 0 Å². The van der Waals surface area contributed by atoms with Crippen molar-refractivity contribution in [3.05, 3.63) is 0 Å². The minimum Gasteiger partial charge on any atom is -0.480 e. The number of carbonyl (C=O) groups excluding carboxylic acids is 1. The van der Waals surface area contributed by atoms with Crippen LogP contribution in [-0.2, 0) is 19.6 Å². The number of aliphatic carboxylic acids is 1. The number of nitrogens with zero attached hydrogens (tertiary/aromatic N) is 1. The normalized spacial score (nSPS) is 26.2. The molecule has 0 bridgehead atoms. The third-order valence-corrected chi connectivity index (χ3v) is 6.22. The summed E-state index contributed by atoms with van der Waals surface area (Å²) in [4.78, 5) is 24.3. The Hall–Kier alpha value is -1.15. The molecule has 2 fully saturated rings. The standard InChI is InChI=1S/C15H26N2O5S/c1-23(21,22)17-10-6-7-12(11-17)13(18)16-15(14(19)20)8-4-2-3-5-9-15/h12H,2-11H2,1H3,(H,16,18)(H,19,20). The molecule has 0 spiro atoms. The number of hydrogen-bond acceptors (Lipinski definition) is 4. The molecule has 2 rings (SSSR count). The van der Waals surface area contributed by atoms with Gasteiger partial charge in [-0.05, 0) is 25.7 Å². The van der Waals surface area contributed by atoms with Gasteiger partial charge in [-0.2, -0.15) is 0 Å². The fourth-order valence-corrected chi connectivity index (χ4v) is 4.43. The smallest absolute Gasteiger partial charge is 0.329 e. The third-order valence-electron chi connectivity index (χ3n) is 4.95. The lowest BCUT2D eigenvalue weighted by Crippen LogP contribution is -2.57. The monoisotopic (exact) mass is 346 g/mol. The van der Waals surface area contributed by atoms with Gasteiger partial charge in [0.1, 0.15) is 5.54 Å². The molecular formula is C15H26N2O5S. The van der Waals surface area contributed by atoms with Gasteiger partial charge in [0.05, 0.1) is 12.2 Å². The second kappa shape index (κ2) is 7.17. The number of amides is 1. The number of carboxylic acids is 1. The van der Waals surface area contributed by atoms with Crippen LogP contribution in [0.25, 0.3) is 0 Å². The van der Waals surface area contributed by atoms with E-state index in [-0.39, 0.29) is 12.5 Å². The maximum absolute atomic E-state index is 12.6. The second-order valence-corrected chi connectivity index (χ2v) is 8.73. The van der Waals surface area contributed by atoms with Crippen LogP contribution >= 0.6 is 0 Å². The Morgan fingerprint density at radius 3 is 2.26 bits per heavy atom. The Morgan fingerprint density at radius 2 is 1.74 bits per heavy atom. The van der Waals surface area contributed by atoms with Gasteiger partial charge in [0.25, 0.3) is 0 Å². The highest BCUT2D eigenvalue weighted by Crippen LogP contribution is 2.29. The van der Waals surface area contributed by atoms with Crippen LogP contribution in [-0.4, -0.2) is 54.6 Å². The van der Waals surface area contributed by atoms with Crippen LogP contribution in [0.4, 0.5) is 0 Å². The van der Waals surface area contributed by atoms with Crippen molar-refractivity contribution in [2.75, 3.05) is 19.3 Å². The molecule has 0 aromatic carbocycles. The van der Waals surface area contributed by atoms with Crippen molar-refractivity contribution in [3.8, 4) is 0 Å². The topological polar surface area (TPSA) is 104 Å². The van der Waals surface area contributed by atoms with Crippen molar-refractivity contribution in [1.82, 2.24) is 9.62 Å². The van der Waals surface area contributed by atoms with Gasteiger partial charge in [0, 0.05) is 13.1 Å². The average molecular weight is 346 g/mol. The lowest BCUT2D eigenvalue weighted by molar-refractivity contribution is -0.149. The first-order valence-electron chi connectivity index (χ1n) is 8.25. The molecule has 2 aliphatic rings. The molecule has 23 heavy (non-hydrogen) atoms. The number of rotatable bonds is 4. The van der Waals surface area contributed by atoms with Crippen LogP contribution in [0.15, 0.2) is 0 Å². The van der Waals surface area contributed by atoms with E-state index in [1.165, 1.54) is 4.31 Å². The Morgan fingerprint density at radius 1 is 1.13 bits per heavy atom. The van der Waals surface area contributed by atoms with Crippen LogP contribution < -0.4 is 5.32 Å². The van der Waals surface area contributed by atoms with Gasteiger partial charge in [-0.15, -0.1) is 0 Å². The maximum Gasteiger partial charge on any atom is 0.329 e. The first-order valence-corrected chi connectivity index (χ1v) is 10.1. The molecule has 0 aromatic heterocycles. The lowest BCUT2D eigenvalue weighted by Gasteiger charge is -2.34. The van der Waals surface area contributed by atoms with E-state index in [4.69, 9.17) is 0 Å². The third kappa shape index (κ3) is 4.44. The maximum atomic E-state index is 12.6. The van der Waals surface area contributed by atoms with Crippen LogP contribution in [0.5, 0.6) is 0 Å². The Kier molecular flexibility index (Phi) is 5.67. The number of carboxylic acid groups (broad SMARTS) is 1. The highest BCUT2D eigenvalue weighted by Gasteiger charge is 2.42. The average Bonchev–Trinajstić information content (AvgIpc) is 2.73. The van der Waals surface area contributed by atoms with Gasteiger partial charge >= 0.3 is 5.97 Å². The summed E-state index contributed by atoms with van der Waals surface area (Å²) in [7, 11) is -3.33. The number of nitrogens with one attached hydrogen (secondary N) is 1. The summed E-state index contributed by atoms with van der Waals surface area (Å²) < 4.78 is 24.6. The van der Waals surface area contributed by atoms with Crippen molar-refractivity contribution < 1.29 is 23.1 Å². The molecule has 1 atom stereocenters. The van der Waals surface area contributed by atoms with Gasteiger partial charge in [-0.3, -0.25) is 4.79 Å². The van der Waals surface area contributed by atoms with E-state index in [1.807, 2.05) is 0 Å². The number of carbonyl (C=O) groups is 2. The summed E-state index contributed by atoms with van der Waals surface area (Å²) in [5, 5.41) is 12.4. The predicted molar refractivity (Wildman–Crippen MR) is 85.4 cm³/mol. The summed E-state index contributed by atoms with van der Waals surface area (Å²) in [5.41, 5.74) is -1.19. The van der Waals surface area contributed by atoms with Gasteiger partial charge in [0.15, 0.2) is 0 Å². The first kappa shape index (κ1) is 18.2. The zero-order chi connectivity index (χ0) is 17.1. The zero-order valence-electron chi connectivity index (χ0n) is 13.6. The Labute approximate surface area is 137 Å². The molecule has 2 N–H and O–H groups in total. The summed E-state index contributed by atoms with van der Waals surface area (Å²) in [6.45, 7) is 0.563. The summed E-state index contributed by atoms with van der Waals surface area (Å²) >= 11 is 0. The summed E-state index contributed by atoms with van der Waals surface area (Å²) in [6.07, 6.45) is 6.76. The first-order chi connectivity index (χ1) is 10.7. The summed E-state index contributed by atoms with van der Waals surface area (Å²) in [5.74, 6) is -1.79.